The fraction of sp³-hybridized carbons (Fsp3) is 0.444. The first-order valence-electron chi connectivity index (χ1n) is 8.72. The van der Waals surface area contributed by atoms with Gasteiger partial charge in [-0.1, -0.05) is 18.2 Å². The Balaban J connectivity index is 0.000000359. The highest BCUT2D eigenvalue weighted by Gasteiger charge is 2.30. The van der Waals surface area contributed by atoms with Crippen molar-refractivity contribution in [3.05, 3.63) is 29.8 Å². The number of nitrogens with zero attached hydrogens (tertiary/aromatic N) is 1. The molecule has 0 radical (unpaired) electrons. The third-order valence-electron chi connectivity index (χ3n) is 3.99. The van der Waals surface area contributed by atoms with E-state index in [4.69, 9.17) is 30.9 Å². The topological polar surface area (TPSA) is 188 Å². The molecular weight excluding hydrogens is 388 g/mol. The number of benzene rings is 1. The SMILES string of the molecule is CCOC(=O)CN1C(=O)[C@@H](N)CCc2ccccc21.O=C(O)C(O)C(O)C(=O)O. The van der Waals surface area contributed by atoms with E-state index >= 15 is 0 Å². The standard InChI is InChI=1S/C14H18N2O3.C4H6O6/c1-2-19-13(17)9-16-12-6-4-3-5-10(12)7-8-11(15)14(16)18;5-1(3(7)8)2(6)4(9)10/h3-6,11H,2,7-9,15H2,1H3;1-2,5-6H,(H,7,8)(H,9,10)/t11-;/m0./s1. The molecule has 0 spiro atoms. The van der Waals surface area contributed by atoms with Gasteiger partial charge in [0.2, 0.25) is 5.91 Å². The highest BCUT2D eigenvalue weighted by molar-refractivity contribution is 6.01. The van der Waals surface area contributed by atoms with Crippen molar-refractivity contribution in [3.8, 4) is 0 Å². The van der Waals surface area contributed by atoms with E-state index in [1.54, 1.807) is 6.92 Å². The maximum absolute atomic E-state index is 12.2. The number of amides is 1. The van der Waals surface area contributed by atoms with Gasteiger partial charge in [-0.05, 0) is 31.4 Å². The molecule has 1 amide bonds. The first-order chi connectivity index (χ1) is 13.6. The molecule has 0 fully saturated rings. The highest BCUT2D eigenvalue weighted by atomic mass is 16.5. The van der Waals surface area contributed by atoms with Gasteiger partial charge in [0.05, 0.1) is 12.6 Å². The third kappa shape index (κ3) is 6.82. The molecule has 1 aromatic rings. The number of para-hydroxylation sites is 1. The lowest BCUT2D eigenvalue weighted by molar-refractivity contribution is -0.165. The smallest absolute Gasteiger partial charge is 0.335 e. The number of esters is 1. The van der Waals surface area contributed by atoms with Crippen LogP contribution < -0.4 is 10.6 Å². The minimum absolute atomic E-state index is 0.0859. The quantitative estimate of drug-likeness (QED) is 0.353. The molecule has 2 rings (SSSR count). The van der Waals surface area contributed by atoms with E-state index in [0.29, 0.717) is 13.0 Å². The predicted octanol–water partition coefficient (Wildman–Crippen LogP) is -1.27. The number of aliphatic hydroxyl groups is 2. The summed E-state index contributed by atoms with van der Waals surface area (Å²) in [5, 5.41) is 32.5. The Morgan fingerprint density at radius 1 is 1.17 bits per heavy atom. The summed E-state index contributed by atoms with van der Waals surface area (Å²) in [6, 6.07) is 6.99. The van der Waals surface area contributed by atoms with Crippen molar-refractivity contribution in [2.75, 3.05) is 18.1 Å². The number of carbonyl (C=O) groups excluding carboxylic acids is 2. The van der Waals surface area contributed by atoms with Gasteiger partial charge in [-0.2, -0.15) is 0 Å². The summed E-state index contributed by atoms with van der Waals surface area (Å²) in [6.45, 7) is 1.95. The number of carboxylic acids is 2. The van der Waals surface area contributed by atoms with Gasteiger partial charge in [0.15, 0.2) is 12.2 Å². The summed E-state index contributed by atoms with van der Waals surface area (Å²) < 4.78 is 4.91. The van der Waals surface area contributed by atoms with E-state index in [1.807, 2.05) is 24.3 Å². The zero-order chi connectivity index (χ0) is 22.1. The van der Waals surface area contributed by atoms with Gasteiger partial charge in [-0.25, -0.2) is 9.59 Å². The molecule has 6 N–H and O–H groups in total. The van der Waals surface area contributed by atoms with Crippen molar-refractivity contribution < 1.29 is 44.3 Å². The lowest BCUT2D eigenvalue weighted by Gasteiger charge is -2.23. The van der Waals surface area contributed by atoms with Crippen LogP contribution in [0.3, 0.4) is 0 Å². The van der Waals surface area contributed by atoms with Crippen LogP contribution in [0.4, 0.5) is 5.69 Å². The Kier molecular flexibility index (Phi) is 9.19. The Morgan fingerprint density at radius 2 is 1.72 bits per heavy atom. The molecule has 0 saturated carbocycles. The van der Waals surface area contributed by atoms with Crippen LogP contribution >= 0.6 is 0 Å². The number of rotatable bonds is 6. The molecule has 1 heterocycles. The monoisotopic (exact) mass is 412 g/mol. The average Bonchev–Trinajstić information content (AvgIpc) is 2.79. The first kappa shape index (κ1) is 24.0. The Labute approximate surface area is 166 Å². The Morgan fingerprint density at radius 3 is 2.24 bits per heavy atom. The van der Waals surface area contributed by atoms with E-state index in [0.717, 1.165) is 17.7 Å². The molecule has 3 atom stereocenters. The van der Waals surface area contributed by atoms with E-state index in [9.17, 15) is 19.2 Å². The number of ether oxygens (including phenoxy) is 1. The third-order valence-corrected chi connectivity index (χ3v) is 3.99. The molecule has 1 aromatic carbocycles. The maximum atomic E-state index is 12.2. The summed E-state index contributed by atoms with van der Waals surface area (Å²) >= 11 is 0. The van der Waals surface area contributed by atoms with Gasteiger partial charge in [-0.15, -0.1) is 0 Å². The van der Waals surface area contributed by atoms with Gasteiger partial charge in [-0.3, -0.25) is 14.5 Å². The van der Waals surface area contributed by atoms with Gasteiger partial charge < -0.3 is 30.9 Å². The number of nitrogens with two attached hydrogens (primary N) is 1. The van der Waals surface area contributed by atoms with Gasteiger partial charge >= 0.3 is 17.9 Å². The molecule has 160 valence electrons. The summed E-state index contributed by atoms with van der Waals surface area (Å²) in [5.74, 6) is -4.18. The van der Waals surface area contributed by atoms with Crippen molar-refractivity contribution in [2.24, 2.45) is 5.73 Å². The molecule has 11 nitrogen and oxygen atoms in total. The number of hydrogen-bond acceptors (Lipinski definition) is 8. The number of hydrogen-bond donors (Lipinski definition) is 5. The second-order valence-corrected chi connectivity index (χ2v) is 6.07. The summed E-state index contributed by atoms with van der Waals surface area (Å²) in [4.78, 5) is 44.8. The molecular formula is C18H24N2O9. The van der Waals surface area contributed by atoms with Crippen LogP contribution in [0.15, 0.2) is 24.3 Å². The maximum Gasteiger partial charge on any atom is 0.335 e. The average molecular weight is 412 g/mol. The molecule has 29 heavy (non-hydrogen) atoms. The molecule has 2 unspecified atom stereocenters. The largest absolute Gasteiger partial charge is 0.479 e. The van der Waals surface area contributed by atoms with Crippen LogP contribution in [0, 0.1) is 0 Å². The number of aliphatic carboxylic acids is 2. The van der Waals surface area contributed by atoms with Crippen LogP contribution in [-0.4, -0.2) is 75.6 Å². The van der Waals surface area contributed by atoms with Crippen LogP contribution in [0.1, 0.15) is 18.9 Å². The Bertz CT molecular complexity index is 735. The van der Waals surface area contributed by atoms with E-state index in [-0.39, 0.29) is 12.5 Å². The molecule has 0 saturated heterocycles. The van der Waals surface area contributed by atoms with Crippen molar-refractivity contribution in [1.29, 1.82) is 0 Å². The second-order valence-electron chi connectivity index (χ2n) is 6.07. The summed E-state index contributed by atoms with van der Waals surface area (Å²) in [7, 11) is 0. The fourth-order valence-electron chi connectivity index (χ4n) is 2.51. The zero-order valence-electron chi connectivity index (χ0n) is 15.7. The van der Waals surface area contributed by atoms with Crippen molar-refractivity contribution in [1.82, 2.24) is 0 Å². The molecule has 0 bridgehead atoms. The molecule has 1 aliphatic rings. The van der Waals surface area contributed by atoms with Crippen LogP contribution in [0.5, 0.6) is 0 Å². The summed E-state index contributed by atoms with van der Waals surface area (Å²) in [5.41, 5.74) is 7.65. The summed E-state index contributed by atoms with van der Waals surface area (Å²) in [6.07, 6.45) is -3.20. The van der Waals surface area contributed by atoms with Crippen LogP contribution in [0.2, 0.25) is 0 Å². The number of carboxylic acid groups (broad SMARTS) is 2. The van der Waals surface area contributed by atoms with Gasteiger partial charge in [0.25, 0.3) is 0 Å². The number of aryl methyl sites for hydroxylation is 1. The minimum atomic E-state index is -2.27. The highest BCUT2D eigenvalue weighted by Crippen LogP contribution is 2.26. The molecule has 0 aromatic heterocycles. The van der Waals surface area contributed by atoms with Crippen LogP contribution in [-0.2, 0) is 30.3 Å². The fourth-order valence-corrected chi connectivity index (χ4v) is 2.51. The molecule has 1 aliphatic heterocycles. The van der Waals surface area contributed by atoms with Gasteiger partial charge in [0, 0.05) is 5.69 Å². The molecule has 11 heteroatoms. The van der Waals surface area contributed by atoms with Crippen molar-refractivity contribution >= 4 is 29.5 Å². The molecule has 0 aliphatic carbocycles. The van der Waals surface area contributed by atoms with Crippen molar-refractivity contribution in [3.63, 3.8) is 0 Å². The zero-order valence-corrected chi connectivity index (χ0v) is 15.7. The van der Waals surface area contributed by atoms with E-state index in [2.05, 4.69) is 0 Å². The van der Waals surface area contributed by atoms with Crippen molar-refractivity contribution in [2.45, 2.75) is 38.0 Å². The lowest BCUT2D eigenvalue weighted by atomic mass is 10.1. The lowest BCUT2D eigenvalue weighted by Crippen LogP contribution is -2.45. The normalized spacial score (nSPS) is 17.7. The number of fused-ring (bicyclic) bond motifs is 1. The number of anilines is 1. The van der Waals surface area contributed by atoms with Crippen LogP contribution in [0.25, 0.3) is 0 Å². The van der Waals surface area contributed by atoms with E-state index < -0.39 is 36.2 Å². The van der Waals surface area contributed by atoms with E-state index in [1.165, 1.54) is 4.90 Å². The number of aliphatic hydroxyl groups excluding tert-OH is 2. The second kappa shape index (κ2) is 11.1. The minimum Gasteiger partial charge on any atom is -0.479 e. The first-order valence-corrected chi connectivity index (χ1v) is 8.72. The predicted molar refractivity (Wildman–Crippen MR) is 99.0 cm³/mol. The van der Waals surface area contributed by atoms with Gasteiger partial charge in [0.1, 0.15) is 6.54 Å². The number of carbonyl (C=O) groups is 4. The Hall–Kier alpha value is -3.02.